The number of benzene rings is 2. The van der Waals surface area contributed by atoms with Crippen LogP contribution in [0.3, 0.4) is 0 Å². The summed E-state index contributed by atoms with van der Waals surface area (Å²) in [5, 5.41) is 6.11. The molecule has 0 aromatic heterocycles. The topological polar surface area (TPSA) is 45.1 Å². The largest absolute Gasteiger partial charge is 0.378 e. The molecule has 0 saturated carbocycles. The molecule has 2 heterocycles. The predicted octanol–water partition coefficient (Wildman–Crippen LogP) is 2.65. The molecule has 2 aliphatic rings. The lowest BCUT2D eigenvalue weighted by Crippen LogP contribution is -2.33. The van der Waals surface area contributed by atoms with Crippen LogP contribution in [0.2, 0.25) is 0 Å². The Balaban J connectivity index is 1.74. The van der Waals surface area contributed by atoms with Crippen LogP contribution in [0.5, 0.6) is 0 Å². The van der Waals surface area contributed by atoms with Crippen LogP contribution in [-0.2, 0) is 9.53 Å². The first-order valence-electron chi connectivity index (χ1n) is 8.40. The van der Waals surface area contributed by atoms with Gasteiger partial charge in [0.25, 0.3) is 5.91 Å². The Bertz CT molecular complexity index is 809. The van der Waals surface area contributed by atoms with Gasteiger partial charge in [-0.2, -0.15) is 10.1 Å². The molecule has 0 atom stereocenters. The van der Waals surface area contributed by atoms with E-state index in [9.17, 15) is 4.79 Å². The second kappa shape index (κ2) is 6.91. The number of carbonyl (C=O) groups is 1. The van der Waals surface area contributed by atoms with Crippen molar-refractivity contribution in [3.63, 3.8) is 0 Å². The molecule has 2 aliphatic heterocycles. The zero-order valence-electron chi connectivity index (χ0n) is 13.8. The molecule has 0 radical (unpaired) electrons. The van der Waals surface area contributed by atoms with Crippen LogP contribution in [0.15, 0.2) is 77.5 Å². The Kier molecular flexibility index (Phi) is 4.31. The number of hydrogen-bond acceptors (Lipinski definition) is 4. The van der Waals surface area contributed by atoms with Crippen LogP contribution >= 0.6 is 0 Å². The standard InChI is InChI=1S/C20H19N3O2/c24-20-18(15-22-11-13-25-14-12-22)19(16-7-3-1-4-8-16)21-23(20)17-9-5-2-6-10-17/h1-10,15H,11-14H2/b18-15+. The smallest absolute Gasteiger partial charge is 0.282 e. The van der Waals surface area contributed by atoms with E-state index < -0.39 is 0 Å². The van der Waals surface area contributed by atoms with Crippen molar-refractivity contribution in [1.82, 2.24) is 4.90 Å². The van der Waals surface area contributed by atoms with Crippen molar-refractivity contribution in [1.29, 1.82) is 0 Å². The molecule has 2 aromatic rings. The molecular formula is C20H19N3O2. The summed E-state index contributed by atoms with van der Waals surface area (Å²) >= 11 is 0. The summed E-state index contributed by atoms with van der Waals surface area (Å²) in [7, 11) is 0. The van der Waals surface area contributed by atoms with E-state index in [0.717, 1.165) is 24.3 Å². The minimum absolute atomic E-state index is 0.100. The maximum absolute atomic E-state index is 13.0. The lowest BCUT2D eigenvalue weighted by atomic mass is 10.0. The third kappa shape index (κ3) is 3.19. The van der Waals surface area contributed by atoms with Crippen LogP contribution in [-0.4, -0.2) is 42.8 Å². The molecule has 0 spiro atoms. The van der Waals surface area contributed by atoms with Crippen LogP contribution in [0.1, 0.15) is 5.56 Å². The van der Waals surface area contributed by atoms with Crippen LogP contribution in [0.4, 0.5) is 5.69 Å². The number of para-hydroxylation sites is 1. The van der Waals surface area contributed by atoms with E-state index in [2.05, 4.69) is 10.0 Å². The van der Waals surface area contributed by atoms with E-state index in [1.807, 2.05) is 66.9 Å². The van der Waals surface area contributed by atoms with Crippen molar-refractivity contribution in [3.05, 3.63) is 78.0 Å². The number of ether oxygens (including phenoxy) is 1. The highest BCUT2D eigenvalue weighted by Crippen LogP contribution is 2.26. The monoisotopic (exact) mass is 333 g/mol. The molecule has 0 bridgehead atoms. The Morgan fingerprint density at radius 2 is 1.56 bits per heavy atom. The van der Waals surface area contributed by atoms with Crippen molar-refractivity contribution >= 4 is 17.3 Å². The molecule has 1 fully saturated rings. The molecule has 5 nitrogen and oxygen atoms in total. The molecule has 2 aromatic carbocycles. The van der Waals surface area contributed by atoms with Crippen molar-refractivity contribution in [2.75, 3.05) is 31.3 Å². The van der Waals surface area contributed by atoms with Gasteiger partial charge in [-0.15, -0.1) is 0 Å². The maximum atomic E-state index is 13.0. The molecule has 0 N–H and O–H groups in total. The summed E-state index contributed by atoms with van der Waals surface area (Å²) in [6.07, 6.45) is 1.93. The fourth-order valence-corrected chi connectivity index (χ4v) is 2.97. The number of carbonyl (C=O) groups excluding carboxylic acids is 1. The second-order valence-corrected chi connectivity index (χ2v) is 5.96. The maximum Gasteiger partial charge on any atom is 0.282 e. The average Bonchev–Trinajstić information content (AvgIpc) is 3.01. The highest BCUT2D eigenvalue weighted by Gasteiger charge is 2.32. The van der Waals surface area contributed by atoms with Crippen molar-refractivity contribution in [3.8, 4) is 0 Å². The fraction of sp³-hybridized carbons (Fsp3) is 0.200. The molecule has 25 heavy (non-hydrogen) atoms. The van der Waals surface area contributed by atoms with Gasteiger partial charge in [0.05, 0.1) is 24.5 Å². The van der Waals surface area contributed by atoms with Gasteiger partial charge < -0.3 is 9.64 Å². The molecule has 1 amide bonds. The summed E-state index contributed by atoms with van der Waals surface area (Å²) in [6, 6.07) is 19.4. The summed E-state index contributed by atoms with van der Waals surface area (Å²) < 4.78 is 5.40. The zero-order valence-corrected chi connectivity index (χ0v) is 13.8. The SMILES string of the molecule is O=C1/C(=C/N2CCOCC2)C(c2ccccc2)=NN1c1ccccc1. The highest BCUT2D eigenvalue weighted by molar-refractivity contribution is 6.35. The van der Waals surface area contributed by atoms with Crippen molar-refractivity contribution in [2.24, 2.45) is 5.10 Å². The molecular weight excluding hydrogens is 314 g/mol. The van der Waals surface area contributed by atoms with E-state index in [4.69, 9.17) is 4.74 Å². The molecule has 1 saturated heterocycles. The van der Waals surface area contributed by atoms with Crippen LogP contribution < -0.4 is 5.01 Å². The minimum Gasteiger partial charge on any atom is -0.378 e. The summed E-state index contributed by atoms with van der Waals surface area (Å²) in [5.74, 6) is -0.100. The van der Waals surface area contributed by atoms with Gasteiger partial charge in [-0.1, -0.05) is 48.5 Å². The van der Waals surface area contributed by atoms with Gasteiger partial charge >= 0.3 is 0 Å². The highest BCUT2D eigenvalue weighted by atomic mass is 16.5. The normalized spacial score (nSPS) is 19.4. The van der Waals surface area contributed by atoms with Crippen molar-refractivity contribution in [2.45, 2.75) is 0 Å². The van der Waals surface area contributed by atoms with Gasteiger partial charge in [-0.05, 0) is 12.1 Å². The van der Waals surface area contributed by atoms with Gasteiger partial charge in [-0.25, -0.2) is 0 Å². The third-order valence-electron chi connectivity index (χ3n) is 4.28. The fourth-order valence-electron chi connectivity index (χ4n) is 2.97. The number of nitrogens with zero attached hydrogens (tertiary/aromatic N) is 3. The summed E-state index contributed by atoms with van der Waals surface area (Å²) in [5.41, 5.74) is 3.04. The molecule has 5 heteroatoms. The Morgan fingerprint density at radius 1 is 0.920 bits per heavy atom. The van der Waals surface area contributed by atoms with E-state index in [-0.39, 0.29) is 5.91 Å². The van der Waals surface area contributed by atoms with Crippen LogP contribution in [0, 0.1) is 0 Å². The molecule has 126 valence electrons. The lowest BCUT2D eigenvalue weighted by Gasteiger charge is -2.25. The Hall–Kier alpha value is -2.92. The number of hydrazone groups is 1. The number of morpholine rings is 1. The van der Waals surface area contributed by atoms with E-state index in [0.29, 0.717) is 24.5 Å². The molecule has 4 rings (SSSR count). The van der Waals surface area contributed by atoms with Crippen molar-refractivity contribution < 1.29 is 9.53 Å². The summed E-state index contributed by atoms with van der Waals surface area (Å²) in [4.78, 5) is 15.2. The number of rotatable bonds is 3. The predicted molar refractivity (Wildman–Crippen MR) is 97.4 cm³/mol. The lowest BCUT2D eigenvalue weighted by molar-refractivity contribution is -0.114. The first-order valence-corrected chi connectivity index (χ1v) is 8.40. The average molecular weight is 333 g/mol. The Labute approximate surface area is 146 Å². The number of amides is 1. The van der Waals surface area contributed by atoms with Gasteiger partial charge in [0.15, 0.2) is 0 Å². The Morgan fingerprint density at radius 3 is 2.24 bits per heavy atom. The second-order valence-electron chi connectivity index (χ2n) is 5.96. The molecule has 0 aliphatic carbocycles. The van der Waals surface area contributed by atoms with Crippen LogP contribution in [0.25, 0.3) is 0 Å². The molecule has 0 unspecified atom stereocenters. The van der Waals surface area contributed by atoms with E-state index >= 15 is 0 Å². The minimum atomic E-state index is -0.100. The first-order chi connectivity index (χ1) is 12.3. The summed E-state index contributed by atoms with van der Waals surface area (Å²) in [6.45, 7) is 2.92. The van der Waals surface area contributed by atoms with Gasteiger partial charge in [0, 0.05) is 24.9 Å². The van der Waals surface area contributed by atoms with Gasteiger partial charge in [0.1, 0.15) is 5.71 Å². The zero-order chi connectivity index (χ0) is 17.1. The quantitative estimate of drug-likeness (QED) is 0.811. The first kappa shape index (κ1) is 15.6. The van der Waals surface area contributed by atoms with Gasteiger partial charge in [-0.3, -0.25) is 4.79 Å². The van der Waals surface area contributed by atoms with E-state index in [1.54, 1.807) is 0 Å². The number of anilines is 1. The third-order valence-corrected chi connectivity index (χ3v) is 4.28. The number of hydrogen-bond donors (Lipinski definition) is 0. The van der Waals surface area contributed by atoms with Gasteiger partial charge in [0.2, 0.25) is 0 Å². The van der Waals surface area contributed by atoms with E-state index in [1.165, 1.54) is 5.01 Å².